The molecular weight excluding hydrogens is 212 g/mol. The lowest BCUT2D eigenvalue weighted by Crippen LogP contribution is -2.31. The minimum atomic E-state index is -0.665. The van der Waals surface area contributed by atoms with Crippen molar-refractivity contribution in [2.24, 2.45) is 0 Å². The maximum absolute atomic E-state index is 11.1. The van der Waals surface area contributed by atoms with Crippen LogP contribution in [0.1, 0.15) is 27.2 Å². The van der Waals surface area contributed by atoms with Gasteiger partial charge in [0.2, 0.25) is 0 Å². The van der Waals surface area contributed by atoms with E-state index in [1.54, 1.807) is 0 Å². The van der Waals surface area contributed by atoms with Crippen LogP contribution < -0.4 is 0 Å². The summed E-state index contributed by atoms with van der Waals surface area (Å²) in [5, 5.41) is 9.19. The molecule has 0 aromatic heterocycles. The molecule has 2 heterocycles. The van der Waals surface area contributed by atoms with Crippen LogP contribution >= 0.6 is 0 Å². The minimum absolute atomic E-state index is 0.0515. The predicted octanol–water partition coefficient (Wildman–Crippen LogP) is 0.245. The highest BCUT2D eigenvalue weighted by atomic mass is 16.8. The first-order valence-corrected chi connectivity index (χ1v) is 5.54. The lowest BCUT2D eigenvalue weighted by atomic mass is 10.0. The lowest BCUT2D eigenvalue weighted by molar-refractivity contribution is -0.191. The lowest BCUT2D eigenvalue weighted by Gasteiger charge is -2.23. The van der Waals surface area contributed by atoms with Crippen molar-refractivity contribution in [1.29, 1.82) is 0 Å². The van der Waals surface area contributed by atoms with Gasteiger partial charge in [0.25, 0.3) is 0 Å². The fourth-order valence-electron chi connectivity index (χ4n) is 2.37. The Labute approximate surface area is 94.7 Å². The molecule has 0 aliphatic carbocycles. The Balaban J connectivity index is 2.11. The molecule has 5 nitrogen and oxygen atoms in total. The van der Waals surface area contributed by atoms with Crippen molar-refractivity contribution in [3.05, 3.63) is 0 Å². The van der Waals surface area contributed by atoms with Crippen molar-refractivity contribution in [1.82, 2.24) is 0 Å². The second-order valence-electron chi connectivity index (χ2n) is 4.87. The van der Waals surface area contributed by atoms with Crippen molar-refractivity contribution in [3.63, 3.8) is 0 Å². The molecule has 0 unspecified atom stereocenters. The van der Waals surface area contributed by atoms with E-state index >= 15 is 0 Å². The molecular formula is C11H18O5. The van der Waals surface area contributed by atoms with Gasteiger partial charge >= 0.3 is 0 Å². The summed E-state index contributed by atoms with van der Waals surface area (Å²) < 4.78 is 16.9. The molecule has 2 saturated heterocycles. The number of ketones is 1. The number of rotatable bonds is 3. The Hall–Kier alpha value is -0.490. The zero-order valence-electron chi connectivity index (χ0n) is 9.80. The monoisotopic (exact) mass is 230 g/mol. The predicted molar refractivity (Wildman–Crippen MR) is 54.9 cm³/mol. The fourth-order valence-corrected chi connectivity index (χ4v) is 2.37. The van der Waals surface area contributed by atoms with E-state index in [1.165, 1.54) is 6.92 Å². The average Bonchev–Trinajstić information content (AvgIpc) is 2.60. The number of carbonyl (C=O) groups is 1. The topological polar surface area (TPSA) is 65.0 Å². The van der Waals surface area contributed by atoms with Gasteiger partial charge in [0, 0.05) is 6.42 Å². The van der Waals surface area contributed by atoms with Crippen molar-refractivity contribution in [3.8, 4) is 0 Å². The van der Waals surface area contributed by atoms with Crippen LogP contribution in [0.5, 0.6) is 0 Å². The van der Waals surface area contributed by atoms with Crippen molar-refractivity contribution >= 4 is 5.78 Å². The maximum Gasteiger partial charge on any atom is 0.164 e. The van der Waals surface area contributed by atoms with Crippen molar-refractivity contribution < 1.29 is 24.1 Å². The second-order valence-corrected chi connectivity index (χ2v) is 4.87. The number of carbonyl (C=O) groups excluding carboxylic acids is 1. The average molecular weight is 230 g/mol. The zero-order valence-corrected chi connectivity index (χ0v) is 9.80. The minimum Gasteiger partial charge on any atom is -0.394 e. The summed E-state index contributed by atoms with van der Waals surface area (Å²) in [7, 11) is 0. The number of hydrogen-bond acceptors (Lipinski definition) is 5. The van der Waals surface area contributed by atoms with Crippen LogP contribution in [0.2, 0.25) is 0 Å². The second kappa shape index (κ2) is 4.07. The van der Waals surface area contributed by atoms with Gasteiger partial charge in [-0.15, -0.1) is 0 Å². The summed E-state index contributed by atoms with van der Waals surface area (Å²) in [4.78, 5) is 11.1. The smallest absolute Gasteiger partial charge is 0.164 e. The number of aliphatic hydroxyl groups is 1. The third-order valence-corrected chi connectivity index (χ3v) is 2.91. The fraction of sp³-hybridized carbons (Fsp3) is 0.909. The maximum atomic E-state index is 11.1. The van der Waals surface area contributed by atoms with E-state index in [9.17, 15) is 9.90 Å². The van der Waals surface area contributed by atoms with E-state index in [0.717, 1.165) is 0 Å². The molecule has 2 rings (SSSR count). The molecule has 4 atom stereocenters. The van der Waals surface area contributed by atoms with E-state index in [4.69, 9.17) is 14.2 Å². The first-order valence-electron chi connectivity index (χ1n) is 5.54. The summed E-state index contributed by atoms with van der Waals surface area (Å²) in [6.07, 6.45) is -0.921. The van der Waals surface area contributed by atoms with Gasteiger partial charge in [0.1, 0.15) is 24.1 Å². The van der Waals surface area contributed by atoms with Crippen LogP contribution in [0.15, 0.2) is 0 Å². The summed E-state index contributed by atoms with van der Waals surface area (Å²) in [6, 6.07) is 0. The Morgan fingerprint density at radius 2 is 1.81 bits per heavy atom. The van der Waals surface area contributed by atoms with Gasteiger partial charge in [-0.1, -0.05) is 0 Å². The van der Waals surface area contributed by atoms with E-state index in [2.05, 4.69) is 0 Å². The van der Waals surface area contributed by atoms with Gasteiger partial charge in [-0.2, -0.15) is 0 Å². The first-order chi connectivity index (χ1) is 7.43. The number of Topliss-reactive ketones (excluding diaryl/α,β-unsaturated/α-hetero) is 1. The van der Waals surface area contributed by atoms with Gasteiger partial charge < -0.3 is 19.3 Å². The molecule has 0 bridgehead atoms. The molecule has 0 radical (unpaired) electrons. The standard InChI is InChI=1S/C11H18O5/c1-6(13)4-7-9-10(8(5-12)14-7)16-11(2,3)15-9/h7-10,12H,4-5H2,1-3H3/t7-,8-,9+,10-/m1/s1. The SMILES string of the molecule is CC(=O)C[C@H]1O[C@H](CO)[C@H]2OC(C)(C)O[C@H]21. The molecule has 0 aromatic carbocycles. The summed E-state index contributed by atoms with van der Waals surface area (Å²) in [5.74, 6) is -0.614. The largest absolute Gasteiger partial charge is 0.394 e. The van der Waals surface area contributed by atoms with Gasteiger partial charge in [-0.3, -0.25) is 4.79 Å². The molecule has 0 aromatic rings. The highest BCUT2D eigenvalue weighted by molar-refractivity contribution is 5.76. The zero-order chi connectivity index (χ0) is 11.9. The molecule has 0 spiro atoms. The van der Waals surface area contributed by atoms with E-state index in [1.807, 2.05) is 13.8 Å². The molecule has 0 amide bonds. The summed E-state index contributed by atoms with van der Waals surface area (Å²) >= 11 is 0. The Kier molecular flexibility index (Phi) is 3.05. The Bertz CT molecular complexity index is 288. The number of aliphatic hydroxyl groups excluding tert-OH is 1. The van der Waals surface area contributed by atoms with Crippen LogP contribution in [0.3, 0.4) is 0 Å². The highest BCUT2D eigenvalue weighted by Crippen LogP contribution is 2.39. The van der Waals surface area contributed by atoms with Gasteiger partial charge in [0.05, 0.1) is 12.7 Å². The Morgan fingerprint density at radius 1 is 1.25 bits per heavy atom. The highest BCUT2D eigenvalue weighted by Gasteiger charge is 2.54. The van der Waals surface area contributed by atoms with Gasteiger partial charge in [0.15, 0.2) is 5.79 Å². The number of hydrogen-bond donors (Lipinski definition) is 1. The first kappa shape index (κ1) is 12.0. The van der Waals surface area contributed by atoms with Crippen LogP contribution in [0.25, 0.3) is 0 Å². The molecule has 92 valence electrons. The van der Waals surface area contributed by atoms with Crippen molar-refractivity contribution in [2.45, 2.75) is 57.4 Å². The van der Waals surface area contributed by atoms with Crippen LogP contribution in [-0.2, 0) is 19.0 Å². The van der Waals surface area contributed by atoms with Gasteiger partial charge in [-0.05, 0) is 20.8 Å². The van der Waals surface area contributed by atoms with Crippen LogP contribution in [-0.4, -0.2) is 47.7 Å². The molecule has 2 aliphatic heterocycles. The quantitative estimate of drug-likeness (QED) is 0.752. The molecule has 2 aliphatic rings. The third-order valence-electron chi connectivity index (χ3n) is 2.91. The number of ether oxygens (including phenoxy) is 3. The van der Waals surface area contributed by atoms with E-state index in [-0.39, 0.29) is 30.7 Å². The van der Waals surface area contributed by atoms with E-state index in [0.29, 0.717) is 6.42 Å². The normalized spacial score (nSPS) is 41.0. The molecule has 5 heteroatoms. The summed E-state index contributed by atoms with van der Waals surface area (Å²) in [5.41, 5.74) is 0. The van der Waals surface area contributed by atoms with Crippen LogP contribution in [0, 0.1) is 0 Å². The molecule has 2 fully saturated rings. The molecule has 0 saturated carbocycles. The van der Waals surface area contributed by atoms with Crippen LogP contribution in [0.4, 0.5) is 0 Å². The molecule has 1 N–H and O–H groups in total. The molecule has 16 heavy (non-hydrogen) atoms. The third kappa shape index (κ3) is 2.13. The van der Waals surface area contributed by atoms with Crippen molar-refractivity contribution in [2.75, 3.05) is 6.61 Å². The van der Waals surface area contributed by atoms with E-state index < -0.39 is 11.9 Å². The Morgan fingerprint density at radius 3 is 2.31 bits per heavy atom. The van der Waals surface area contributed by atoms with Gasteiger partial charge in [-0.25, -0.2) is 0 Å². The summed E-state index contributed by atoms with van der Waals surface area (Å²) in [6.45, 7) is 5.05. The number of fused-ring (bicyclic) bond motifs is 1.